The third-order valence-electron chi connectivity index (χ3n) is 14.6. The van der Waals surface area contributed by atoms with Crippen molar-refractivity contribution in [3.63, 3.8) is 0 Å². The molecule has 0 N–H and O–H groups in total. The zero-order valence-corrected chi connectivity index (χ0v) is 53.3. The van der Waals surface area contributed by atoms with Gasteiger partial charge in [-0.25, -0.2) is 9.46 Å². The summed E-state index contributed by atoms with van der Waals surface area (Å²) in [6.07, 6.45) is 1.47. The van der Waals surface area contributed by atoms with E-state index >= 15 is 0 Å². The minimum Gasteiger partial charge on any atom is -0.497 e. The molecule has 89 heavy (non-hydrogen) atoms. The first-order valence-corrected chi connectivity index (χ1v) is 30.4. The molecule has 2 aromatic heterocycles. The molecule has 23 nitrogen and oxygen atoms in total. The number of esters is 4. The van der Waals surface area contributed by atoms with Crippen molar-refractivity contribution >= 4 is 32.4 Å². The lowest BCUT2D eigenvalue weighted by Crippen LogP contribution is -2.41. The summed E-state index contributed by atoms with van der Waals surface area (Å²) in [6, 6.07) is 32.2. The predicted molar refractivity (Wildman–Crippen MR) is 330 cm³/mol. The number of hydrogen-bond acceptors (Lipinski definition) is 21. The van der Waals surface area contributed by atoms with Gasteiger partial charge < -0.3 is 46.9 Å². The van der Waals surface area contributed by atoms with Crippen LogP contribution in [0, 0.1) is 23.2 Å². The van der Waals surface area contributed by atoms with Gasteiger partial charge in [-0.3, -0.25) is 47.9 Å². The van der Waals surface area contributed by atoms with Crippen LogP contribution in [0.5, 0.6) is 11.5 Å². The smallest absolute Gasteiger partial charge is 0.333 e. The molecule has 6 rings (SSSR count). The lowest BCUT2D eigenvalue weighted by molar-refractivity contribution is -0.147. The van der Waals surface area contributed by atoms with Gasteiger partial charge in [0.15, 0.2) is 0 Å². The number of benzene rings is 3. The highest BCUT2D eigenvalue weighted by Crippen LogP contribution is 2.51. The fraction of sp³-hybridized carbons (Fsp3) is 0.477. The van der Waals surface area contributed by atoms with Crippen LogP contribution in [0.25, 0.3) is 0 Å². The zero-order valence-electron chi connectivity index (χ0n) is 52.4. The van der Waals surface area contributed by atoms with Crippen molar-refractivity contribution in [2.75, 3.05) is 82.1 Å². The lowest BCUT2D eigenvalue weighted by atomic mass is 9.80. The summed E-state index contributed by atoms with van der Waals surface area (Å²) < 4.78 is 63.1. The van der Waals surface area contributed by atoms with E-state index in [4.69, 9.17) is 51.9 Å². The maximum absolute atomic E-state index is 14.6. The van der Waals surface area contributed by atoms with Gasteiger partial charge in [-0.1, -0.05) is 72.9 Å². The molecule has 1 aliphatic rings. The number of aromatic nitrogens is 3. The quantitative estimate of drug-likeness (QED) is 0.00979. The van der Waals surface area contributed by atoms with E-state index < -0.39 is 67.7 Å². The summed E-state index contributed by atoms with van der Waals surface area (Å²) in [4.78, 5) is 85.3. The Hall–Kier alpha value is -7.83. The highest BCUT2D eigenvalue weighted by Gasteiger charge is 2.45. The lowest BCUT2D eigenvalue weighted by Gasteiger charge is -2.39. The van der Waals surface area contributed by atoms with Gasteiger partial charge in [0, 0.05) is 62.4 Å². The molecule has 0 bridgehead atoms. The molecule has 0 radical (unpaired) electrons. The minimum absolute atomic E-state index is 0.0118. The van der Waals surface area contributed by atoms with E-state index in [0.717, 1.165) is 16.7 Å². The number of nitriles is 1. The summed E-state index contributed by atoms with van der Waals surface area (Å²) in [5.74, 6) is 5.35. The van der Waals surface area contributed by atoms with Crippen molar-refractivity contribution in [2.24, 2.45) is 0 Å². The summed E-state index contributed by atoms with van der Waals surface area (Å²) in [7, 11) is 6.38. The van der Waals surface area contributed by atoms with Crippen LogP contribution in [0.1, 0.15) is 106 Å². The average molecular weight is 1250 g/mol. The minimum atomic E-state index is -1.79. The van der Waals surface area contributed by atoms with E-state index in [1.165, 1.54) is 59.6 Å². The number of ether oxygens (including phenoxy) is 8. The highest BCUT2D eigenvalue weighted by molar-refractivity contribution is 7.44. The second-order valence-electron chi connectivity index (χ2n) is 21.4. The van der Waals surface area contributed by atoms with Crippen molar-refractivity contribution in [1.82, 2.24) is 28.6 Å². The Morgan fingerprint density at radius 3 is 1.70 bits per heavy atom. The number of unbranched alkanes of at least 4 members (excludes halogenated alkanes) is 3. The maximum Gasteiger partial charge on any atom is 0.333 e. The molecule has 0 amide bonds. The van der Waals surface area contributed by atoms with Crippen molar-refractivity contribution in [3.05, 3.63) is 158 Å². The van der Waals surface area contributed by atoms with Gasteiger partial charge in [0.2, 0.25) is 0 Å². The first kappa shape index (κ1) is 70.3. The second kappa shape index (κ2) is 35.4. The fourth-order valence-corrected chi connectivity index (χ4v) is 12.0. The molecular formula is C65H82N7O16P. The molecule has 3 aromatic carbocycles. The third-order valence-corrected chi connectivity index (χ3v) is 16.7. The molecule has 5 aromatic rings. The Morgan fingerprint density at radius 2 is 1.21 bits per heavy atom. The van der Waals surface area contributed by atoms with E-state index in [1.54, 1.807) is 26.4 Å². The molecule has 0 spiro atoms. The number of rotatable bonds is 34. The van der Waals surface area contributed by atoms with Gasteiger partial charge >= 0.3 is 29.6 Å². The van der Waals surface area contributed by atoms with E-state index in [-0.39, 0.29) is 84.0 Å². The van der Waals surface area contributed by atoms with Crippen LogP contribution in [0.4, 0.5) is 0 Å². The van der Waals surface area contributed by atoms with Gasteiger partial charge in [-0.05, 0) is 93.6 Å². The van der Waals surface area contributed by atoms with Crippen LogP contribution in [0.15, 0.2) is 113 Å². The number of hydrogen-bond donors (Lipinski definition) is 0. The normalized spacial score (nSPS) is 15.1. The fourth-order valence-electron chi connectivity index (χ4n) is 10.3. The summed E-state index contributed by atoms with van der Waals surface area (Å²) in [6.45, 7) is 7.46. The van der Waals surface area contributed by atoms with Gasteiger partial charge in [-0.15, -0.1) is 0 Å². The number of pyridine rings is 1. The molecule has 0 aliphatic carbocycles. The first-order valence-electron chi connectivity index (χ1n) is 29.3. The van der Waals surface area contributed by atoms with Crippen LogP contribution in [0.3, 0.4) is 0 Å². The van der Waals surface area contributed by atoms with Gasteiger partial charge in [-0.2, -0.15) is 5.26 Å². The zero-order chi connectivity index (χ0) is 64.5. The Bertz CT molecular complexity index is 3170. The maximum atomic E-state index is 14.6. The van der Waals surface area contributed by atoms with Crippen LogP contribution >= 0.6 is 8.53 Å². The highest BCUT2D eigenvalue weighted by atomic mass is 31.2. The molecule has 4 atom stereocenters. The molecule has 3 heterocycles. The number of carbonyl (C=O) groups is 4. The average Bonchev–Trinajstić information content (AvgIpc) is 1.62. The standard InChI is InChI=1S/C65H82N7O16P/c1-46(2)72(47(3)4)89(86-35-19-32-66)88-56-38-59(87-57(56)45-85-65(49-21-16-14-17-22-49,50-23-27-54(79-5)28-24-50)51-25-29-55(80-6)30-26-51)71-34-31-58(73)70(64(71)78)33-18-13-11-12-15-20-48-36-52(39-68(41-60(74)81-7)42-61(75)82-8)67-53(37-48)40-69(43-62(76)83-9)44-63(77)84-10/h14,16-17,21-31,34,36-37,46-47,56-57,59H,11-13,18-19,33,35,38-45H2,1-10H3. The summed E-state index contributed by atoms with van der Waals surface area (Å²) >= 11 is 0. The van der Waals surface area contributed by atoms with Crippen LogP contribution in [-0.2, 0) is 81.9 Å². The Morgan fingerprint density at radius 1 is 0.697 bits per heavy atom. The van der Waals surface area contributed by atoms with Gasteiger partial charge in [0.05, 0.1) is 112 Å². The van der Waals surface area contributed by atoms with Crippen molar-refractivity contribution < 1.29 is 66.1 Å². The van der Waals surface area contributed by atoms with Crippen molar-refractivity contribution in [1.29, 1.82) is 5.26 Å². The molecule has 1 saturated heterocycles. The van der Waals surface area contributed by atoms with Gasteiger partial charge in [0.1, 0.15) is 29.4 Å². The molecule has 1 fully saturated rings. The van der Waals surface area contributed by atoms with E-state index in [0.29, 0.717) is 54.1 Å². The van der Waals surface area contributed by atoms with Gasteiger partial charge in [0.25, 0.3) is 14.1 Å². The number of methoxy groups -OCH3 is 6. The van der Waals surface area contributed by atoms with E-state index in [9.17, 15) is 34.0 Å². The van der Waals surface area contributed by atoms with E-state index in [1.807, 2.05) is 78.9 Å². The Kier molecular flexibility index (Phi) is 27.9. The van der Waals surface area contributed by atoms with E-state index in [2.05, 4.69) is 50.3 Å². The van der Waals surface area contributed by atoms with Crippen LogP contribution in [0.2, 0.25) is 0 Å². The largest absolute Gasteiger partial charge is 0.497 e. The number of nitrogens with zero attached hydrogens (tertiary/aromatic N) is 7. The predicted octanol–water partition coefficient (Wildman–Crippen LogP) is 7.29. The third kappa shape index (κ3) is 20.1. The molecule has 478 valence electrons. The Balaban J connectivity index is 1.26. The molecular weight excluding hydrogens is 1170 g/mol. The van der Waals surface area contributed by atoms with Crippen molar-refractivity contribution in [3.8, 4) is 29.4 Å². The van der Waals surface area contributed by atoms with Crippen LogP contribution in [-0.4, -0.2) is 159 Å². The summed E-state index contributed by atoms with van der Waals surface area (Å²) in [5, 5.41) is 9.53. The second-order valence-corrected chi connectivity index (χ2v) is 22.8. The molecule has 24 heteroatoms. The SMILES string of the molecule is COC(=O)CN(CC(=O)OC)Cc1cc(C#CCCCCCn2c(=O)ccn(C3CC(OP(OCCC#N)N(C(C)C)C(C)C)C(COC(c4ccccc4)(c4ccc(OC)cc4)c4ccc(OC)cc4)O3)c2=O)cc(CN(CC(=O)OC)CC(=O)OC)n1. The first-order chi connectivity index (χ1) is 42.9. The monoisotopic (exact) mass is 1250 g/mol. The number of carbonyl (C=O) groups excluding carboxylic acids is 4. The molecule has 0 saturated carbocycles. The van der Waals surface area contributed by atoms with Crippen molar-refractivity contribution in [2.45, 2.75) is 122 Å². The summed E-state index contributed by atoms with van der Waals surface area (Å²) in [5.41, 5.74) is 1.57. The topological polar surface area (TPSA) is 251 Å². The molecule has 4 unspecified atom stereocenters. The van der Waals surface area contributed by atoms with Crippen LogP contribution < -0.4 is 20.7 Å². The molecule has 1 aliphatic heterocycles. The Labute approximate surface area is 521 Å².